The van der Waals surface area contributed by atoms with Crippen LogP contribution in [0.5, 0.6) is 5.75 Å². The highest BCUT2D eigenvalue weighted by molar-refractivity contribution is 5.88. The van der Waals surface area contributed by atoms with Crippen molar-refractivity contribution in [3.05, 3.63) is 41.5 Å². The smallest absolute Gasteiger partial charge is 0.425 e. The van der Waals surface area contributed by atoms with Gasteiger partial charge < -0.3 is 38.8 Å². The van der Waals surface area contributed by atoms with Gasteiger partial charge in [-0.15, -0.1) is 0 Å². The second kappa shape index (κ2) is 16.3. The second-order valence-electron chi connectivity index (χ2n) is 15.3. The average Bonchev–Trinajstić information content (AvgIpc) is 3.33. The minimum atomic E-state index is -1.40. The SMILES string of the molecule is CC[C@H]1OC(=O)/C(C)=C/[C@H](C)[C@@H](O[C@@H]2O[C@H](C)C[C@H](N(C)C)[C@H]2O)[C@@](C)(OC)C[C@@H](C)C(=O)[C@H](C)[C@H]2N(NCc3cccc(O)c3)C(=O)O[C@]12C. The van der Waals surface area contributed by atoms with Gasteiger partial charge in [-0.05, 0) is 78.7 Å². The van der Waals surface area contributed by atoms with Crippen LogP contribution in [0.2, 0.25) is 0 Å². The van der Waals surface area contributed by atoms with E-state index in [2.05, 4.69) is 5.43 Å². The molecule has 2 saturated heterocycles. The quantitative estimate of drug-likeness (QED) is 0.328. The number of cyclic esters (lactones) is 1. The molecule has 51 heavy (non-hydrogen) atoms. The number of nitrogens with one attached hydrogen (secondary N) is 1. The zero-order chi connectivity index (χ0) is 38.0. The highest BCUT2D eigenvalue weighted by Gasteiger charge is 2.60. The van der Waals surface area contributed by atoms with Gasteiger partial charge in [0.1, 0.15) is 29.8 Å². The molecule has 0 radical (unpaired) electrons. The molecule has 13 nitrogen and oxygen atoms in total. The van der Waals surface area contributed by atoms with Crippen molar-refractivity contribution in [2.75, 3.05) is 21.2 Å². The van der Waals surface area contributed by atoms with E-state index < -0.39 is 71.7 Å². The molecule has 3 aliphatic rings. The van der Waals surface area contributed by atoms with Crippen LogP contribution >= 0.6 is 0 Å². The van der Waals surface area contributed by atoms with Crippen LogP contribution in [-0.2, 0) is 39.8 Å². The van der Waals surface area contributed by atoms with Crippen LogP contribution in [0.25, 0.3) is 0 Å². The van der Waals surface area contributed by atoms with Crippen LogP contribution in [0, 0.1) is 17.8 Å². The molecule has 286 valence electrons. The molecule has 0 aliphatic carbocycles. The predicted octanol–water partition coefficient (Wildman–Crippen LogP) is 4.34. The molecule has 0 saturated carbocycles. The zero-order valence-electron chi connectivity index (χ0n) is 32.0. The van der Waals surface area contributed by atoms with Crippen molar-refractivity contribution in [1.82, 2.24) is 15.3 Å². The van der Waals surface area contributed by atoms with Crippen LogP contribution in [0.1, 0.15) is 80.2 Å². The topological polar surface area (TPSA) is 156 Å². The fraction of sp³-hybridized carbons (Fsp3) is 0.711. The monoisotopic (exact) mass is 717 g/mol. The Kier molecular flexibility index (Phi) is 13.0. The number of esters is 1. The fourth-order valence-electron chi connectivity index (χ4n) is 8.28. The minimum Gasteiger partial charge on any atom is -0.508 e. The Balaban J connectivity index is 1.76. The molecule has 1 aromatic carbocycles. The molecule has 0 unspecified atom stereocenters. The Morgan fingerprint density at radius 2 is 1.80 bits per heavy atom. The number of ether oxygens (including phenoxy) is 5. The maximum absolute atomic E-state index is 14.5. The molecule has 3 N–H and O–H groups in total. The number of ketones is 1. The third-order valence-corrected chi connectivity index (χ3v) is 11.0. The molecule has 3 heterocycles. The first-order valence-corrected chi connectivity index (χ1v) is 18.0. The van der Waals surface area contributed by atoms with Crippen LogP contribution in [-0.4, -0.2) is 113 Å². The van der Waals surface area contributed by atoms with E-state index in [0.29, 0.717) is 24.0 Å². The lowest BCUT2D eigenvalue weighted by Gasteiger charge is -2.46. The zero-order valence-corrected chi connectivity index (χ0v) is 32.0. The van der Waals surface area contributed by atoms with Crippen LogP contribution < -0.4 is 5.43 Å². The lowest BCUT2D eigenvalue weighted by atomic mass is 9.74. The minimum absolute atomic E-state index is 0.0780. The number of methoxy groups -OCH3 is 1. The fourth-order valence-corrected chi connectivity index (χ4v) is 8.28. The highest BCUT2D eigenvalue weighted by atomic mass is 16.7. The first-order valence-electron chi connectivity index (χ1n) is 18.0. The summed E-state index contributed by atoms with van der Waals surface area (Å²) in [6.45, 7) is 14.6. The van der Waals surface area contributed by atoms with Gasteiger partial charge in [0.05, 0.1) is 17.8 Å². The number of phenolic OH excluding ortho intramolecular Hbond substituents is 1. The van der Waals surface area contributed by atoms with Crippen molar-refractivity contribution >= 4 is 17.8 Å². The third kappa shape index (κ3) is 8.60. The number of carbonyl (C=O) groups excluding carboxylic acids is 3. The summed E-state index contributed by atoms with van der Waals surface area (Å²) in [5.41, 5.74) is 1.65. The Hall–Kier alpha value is -3.07. The third-order valence-electron chi connectivity index (χ3n) is 11.0. The van der Waals surface area contributed by atoms with Gasteiger partial charge in [0.2, 0.25) is 0 Å². The number of Topliss-reactive ketones (excluding diaryl/α,β-unsaturated/α-hetero) is 1. The number of aliphatic hydroxyl groups is 1. The summed E-state index contributed by atoms with van der Waals surface area (Å²) in [5.74, 6) is -2.51. The summed E-state index contributed by atoms with van der Waals surface area (Å²) < 4.78 is 31.2. The van der Waals surface area contributed by atoms with E-state index in [0.717, 1.165) is 0 Å². The van der Waals surface area contributed by atoms with E-state index in [-0.39, 0.29) is 36.6 Å². The van der Waals surface area contributed by atoms with Crippen LogP contribution in [0.15, 0.2) is 35.9 Å². The van der Waals surface area contributed by atoms with Gasteiger partial charge in [0.25, 0.3) is 0 Å². The van der Waals surface area contributed by atoms with E-state index in [9.17, 15) is 24.6 Å². The number of hydrazine groups is 1. The van der Waals surface area contributed by atoms with Crippen molar-refractivity contribution in [3.63, 3.8) is 0 Å². The molecule has 12 atom stereocenters. The maximum atomic E-state index is 14.5. The molecule has 2 fully saturated rings. The van der Waals surface area contributed by atoms with Crippen molar-refractivity contribution in [1.29, 1.82) is 0 Å². The van der Waals surface area contributed by atoms with E-state index in [4.69, 9.17) is 23.7 Å². The van der Waals surface area contributed by atoms with Gasteiger partial charge in [-0.25, -0.2) is 20.0 Å². The number of amides is 1. The Bertz CT molecular complexity index is 1440. The van der Waals surface area contributed by atoms with Gasteiger partial charge in [0.15, 0.2) is 11.9 Å². The van der Waals surface area contributed by atoms with Crippen LogP contribution in [0.3, 0.4) is 0 Å². The molecule has 1 aromatic rings. The van der Waals surface area contributed by atoms with Gasteiger partial charge in [-0.3, -0.25) is 4.79 Å². The van der Waals surface area contributed by atoms with Crippen molar-refractivity contribution in [3.8, 4) is 5.75 Å². The molecule has 1 amide bonds. The number of fused-ring (bicyclic) bond motifs is 1. The van der Waals surface area contributed by atoms with E-state index in [1.54, 1.807) is 58.2 Å². The van der Waals surface area contributed by atoms with E-state index in [1.807, 2.05) is 53.6 Å². The molecule has 4 rings (SSSR count). The van der Waals surface area contributed by atoms with Crippen molar-refractivity contribution in [2.24, 2.45) is 17.8 Å². The lowest BCUT2D eigenvalue weighted by molar-refractivity contribution is -0.294. The largest absolute Gasteiger partial charge is 0.508 e. The van der Waals surface area contributed by atoms with Gasteiger partial charge in [-0.2, -0.15) is 0 Å². The van der Waals surface area contributed by atoms with E-state index in [1.165, 1.54) is 5.01 Å². The Morgan fingerprint density at radius 3 is 2.41 bits per heavy atom. The van der Waals surface area contributed by atoms with Crippen molar-refractivity contribution in [2.45, 2.75) is 135 Å². The summed E-state index contributed by atoms with van der Waals surface area (Å²) in [7, 11) is 5.36. The lowest BCUT2D eigenvalue weighted by Crippen LogP contribution is -2.60. The van der Waals surface area contributed by atoms with Crippen molar-refractivity contribution < 1.29 is 48.3 Å². The average molecular weight is 718 g/mol. The van der Waals surface area contributed by atoms with Gasteiger partial charge in [-0.1, -0.05) is 45.9 Å². The molecule has 0 aromatic heterocycles. The normalized spacial score (nSPS) is 39.5. The second-order valence-corrected chi connectivity index (χ2v) is 15.3. The Labute approximate surface area is 302 Å². The summed E-state index contributed by atoms with van der Waals surface area (Å²) in [5, 5.41) is 22.7. The summed E-state index contributed by atoms with van der Waals surface area (Å²) in [4.78, 5) is 43.9. The molecule has 3 aliphatic heterocycles. The number of nitrogens with zero attached hydrogens (tertiary/aromatic N) is 2. The summed E-state index contributed by atoms with van der Waals surface area (Å²) in [6.07, 6.45) is -1.62. The maximum Gasteiger partial charge on any atom is 0.425 e. The number of aromatic hydroxyl groups is 1. The number of benzene rings is 1. The summed E-state index contributed by atoms with van der Waals surface area (Å²) in [6, 6.07) is 5.54. The number of carbonyl (C=O) groups is 3. The molecule has 13 heteroatoms. The number of hydrogen-bond donors (Lipinski definition) is 3. The molecule has 0 bridgehead atoms. The summed E-state index contributed by atoms with van der Waals surface area (Å²) >= 11 is 0. The number of aliphatic hydroxyl groups excluding tert-OH is 1. The predicted molar refractivity (Wildman–Crippen MR) is 189 cm³/mol. The molecular weight excluding hydrogens is 658 g/mol. The number of likely N-dealkylation sites (N-methyl/N-ethyl adjacent to an activating group) is 1. The first kappa shape index (κ1) is 40.7. The number of hydrogen-bond acceptors (Lipinski definition) is 12. The van der Waals surface area contributed by atoms with Crippen LogP contribution in [0.4, 0.5) is 4.79 Å². The Morgan fingerprint density at radius 1 is 1.12 bits per heavy atom. The molecular formula is C38H59N3O10. The van der Waals surface area contributed by atoms with Gasteiger partial charge in [0, 0.05) is 43.0 Å². The first-order chi connectivity index (χ1) is 23.9. The van der Waals surface area contributed by atoms with E-state index >= 15 is 0 Å². The van der Waals surface area contributed by atoms with Gasteiger partial charge >= 0.3 is 12.1 Å². The number of rotatable bonds is 8. The standard InChI is InChI=1S/C38H59N3O10/c1-12-29-38(8)32(41(36(46)51-38)39-20-26-14-13-15-27(42)18-26)25(6)30(43)23(4)19-37(7,47-11)33(21(2)16-22(3)34(45)49-29)50-35-31(44)28(40(9)10)17-24(5)48-35/h13-16,18,21,23-25,28-29,31-33,35,39,42,44H,12,17,19-20H2,1-11H3/b22-16+/t21-,23+,24+,25-,28-,29+,31+,32+,33+,35-,37-,38+/m0/s1. The number of phenols is 1. The highest BCUT2D eigenvalue weighted by Crippen LogP contribution is 2.42. The molecule has 0 spiro atoms.